The van der Waals surface area contributed by atoms with Crippen molar-refractivity contribution in [3.63, 3.8) is 0 Å². The van der Waals surface area contributed by atoms with Crippen LogP contribution in [0, 0.1) is 82.9 Å². The maximum absolute atomic E-state index is 13.4. The Labute approximate surface area is 198 Å². The van der Waals surface area contributed by atoms with Crippen molar-refractivity contribution in [3.8, 4) is 0 Å². The smallest absolute Gasteiger partial charge is 0.312 e. The van der Waals surface area contributed by atoms with Crippen LogP contribution in [0.5, 0.6) is 0 Å². The summed E-state index contributed by atoms with van der Waals surface area (Å²) in [7, 11) is 0. The number of carboxylic acid groups (broad SMARTS) is 1. The van der Waals surface area contributed by atoms with Gasteiger partial charge in [-0.1, -0.05) is 20.8 Å². The molecule has 14 atom stereocenters. The van der Waals surface area contributed by atoms with E-state index in [-0.39, 0.29) is 18.7 Å². The van der Waals surface area contributed by atoms with Gasteiger partial charge in [0.25, 0.3) is 0 Å². The van der Waals surface area contributed by atoms with E-state index in [1.165, 1.54) is 44.9 Å². The van der Waals surface area contributed by atoms with Gasteiger partial charge in [0.05, 0.1) is 18.4 Å². The number of esters is 1. The van der Waals surface area contributed by atoms with Crippen molar-refractivity contribution in [3.05, 3.63) is 0 Å². The first-order valence-electron chi connectivity index (χ1n) is 13.8. The molecule has 0 spiro atoms. The van der Waals surface area contributed by atoms with Gasteiger partial charge < -0.3 is 14.6 Å². The van der Waals surface area contributed by atoms with Crippen molar-refractivity contribution in [2.24, 2.45) is 82.9 Å². The first-order valence-corrected chi connectivity index (χ1v) is 13.8. The zero-order valence-corrected chi connectivity index (χ0v) is 20.5. The molecule has 0 heterocycles. The van der Waals surface area contributed by atoms with Gasteiger partial charge in [0.15, 0.2) is 6.79 Å². The zero-order chi connectivity index (χ0) is 23.0. The Morgan fingerprint density at radius 3 is 2.18 bits per heavy atom. The van der Waals surface area contributed by atoms with E-state index >= 15 is 0 Å². The van der Waals surface area contributed by atoms with Crippen LogP contribution in [0.2, 0.25) is 0 Å². The molecule has 0 aromatic carbocycles. The van der Waals surface area contributed by atoms with Gasteiger partial charge >= 0.3 is 11.9 Å². The molecule has 0 radical (unpaired) electrons. The summed E-state index contributed by atoms with van der Waals surface area (Å²) in [6, 6.07) is 0. The largest absolute Gasteiger partial charge is 0.481 e. The summed E-state index contributed by atoms with van der Waals surface area (Å²) in [5.74, 6) is 5.39. The number of ether oxygens (including phenoxy) is 2. The average Bonchev–Trinajstić information content (AvgIpc) is 3.60. The lowest BCUT2D eigenvalue weighted by Gasteiger charge is -2.45. The molecular formula is C28H42O5. The van der Waals surface area contributed by atoms with Crippen LogP contribution in [-0.2, 0) is 19.1 Å². The van der Waals surface area contributed by atoms with Gasteiger partial charge in [0.1, 0.15) is 0 Å². The quantitative estimate of drug-likeness (QED) is 0.237. The summed E-state index contributed by atoms with van der Waals surface area (Å²) in [6.07, 6.45) is 9.31. The second-order valence-electron chi connectivity index (χ2n) is 12.9. The molecule has 6 bridgehead atoms. The van der Waals surface area contributed by atoms with Gasteiger partial charge in [-0.2, -0.15) is 0 Å². The number of fused-ring (bicyclic) bond motifs is 11. The highest BCUT2D eigenvalue weighted by Gasteiger charge is 2.66. The normalized spacial score (nSPS) is 50.5. The van der Waals surface area contributed by atoms with E-state index in [1.54, 1.807) is 6.92 Å². The van der Waals surface area contributed by atoms with Crippen LogP contribution >= 0.6 is 0 Å². The molecule has 6 saturated carbocycles. The standard InChI is InChI=1S/C28H42O5/c1-13-16-4-5-17(8-16)22(13)11-32-12-33-28(31)24(15(3)27(29)30)23-14(2)20-10-21(23)26-19-7-6-18(9-19)25(20)26/h13-26H,4-12H2,1-3H3,(H,29,30). The summed E-state index contributed by atoms with van der Waals surface area (Å²) < 4.78 is 11.5. The number of carboxylic acids is 1. The van der Waals surface area contributed by atoms with E-state index in [1.807, 2.05) is 0 Å². The van der Waals surface area contributed by atoms with Crippen LogP contribution in [-0.4, -0.2) is 30.4 Å². The molecule has 6 aliphatic rings. The fourth-order valence-corrected chi connectivity index (χ4v) is 10.7. The maximum atomic E-state index is 13.4. The number of aliphatic carboxylic acids is 1. The Morgan fingerprint density at radius 1 is 0.879 bits per heavy atom. The van der Waals surface area contributed by atoms with Gasteiger partial charge in [-0.15, -0.1) is 0 Å². The molecular weight excluding hydrogens is 416 g/mol. The monoisotopic (exact) mass is 458 g/mol. The Hall–Kier alpha value is -1.10. The fraction of sp³-hybridized carbons (Fsp3) is 0.929. The summed E-state index contributed by atoms with van der Waals surface area (Å²) >= 11 is 0. The lowest BCUT2D eigenvalue weighted by molar-refractivity contribution is -0.174. The van der Waals surface area contributed by atoms with Gasteiger partial charge in [0, 0.05) is 0 Å². The van der Waals surface area contributed by atoms with Crippen LogP contribution < -0.4 is 0 Å². The maximum Gasteiger partial charge on any atom is 0.312 e. The summed E-state index contributed by atoms with van der Waals surface area (Å²) in [5.41, 5.74) is 0. The predicted molar refractivity (Wildman–Crippen MR) is 123 cm³/mol. The van der Waals surface area contributed by atoms with Crippen molar-refractivity contribution in [2.45, 2.75) is 65.7 Å². The number of carbonyl (C=O) groups excluding carboxylic acids is 1. The summed E-state index contributed by atoms with van der Waals surface area (Å²) in [6.45, 7) is 6.97. The first-order chi connectivity index (χ1) is 15.9. The molecule has 0 saturated heterocycles. The van der Waals surface area contributed by atoms with Gasteiger partial charge in [0.2, 0.25) is 0 Å². The molecule has 33 heavy (non-hydrogen) atoms. The van der Waals surface area contributed by atoms with Crippen LogP contribution in [0.3, 0.4) is 0 Å². The highest BCUT2D eigenvalue weighted by Crippen LogP contribution is 2.71. The third kappa shape index (κ3) is 3.34. The number of hydrogen-bond acceptors (Lipinski definition) is 4. The third-order valence-electron chi connectivity index (χ3n) is 12.1. The topological polar surface area (TPSA) is 72.8 Å². The van der Waals surface area contributed by atoms with Gasteiger partial charge in [-0.3, -0.25) is 9.59 Å². The minimum atomic E-state index is -0.881. The van der Waals surface area contributed by atoms with Crippen molar-refractivity contribution in [2.75, 3.05) is 13.4 Å². The van der Waals surface area contributed by atoms with E-state index < -0.39 is 17.8 Å². The van der Waals surface area contributed by atoms with Crippen molar-refractivity contribution < 1.29 is 24.2 Å². The highest BCUT2D eigenvalue weighted by atomic mass is 16.7. The highest BCUT2D eigenvalue weighted by molar-refractivity contribution is 5.81. The molecule has 14 unspecified atom stereocenters. The molecule has 5 nitrogen and oxygen atoms in total. The molecule has 184 valence electrons. The van der Waals surface area contributed by atoms with Crippen molar-refractivity contribution >= 4 is 11.9 Å². The molecule has 0 aromatic rings. The Morgan fingerprint density at radius 2 is 1.52 bits per heavy atom. The third-order valence-corrected chi connectivity index (χ3v) is 12.1. The first kappa shape index (κ1) is 22.4. The van der Waals surface area contributed by atoms with Gasteiger partial charge in [-0.25, -0.2) is 0 Å². The second-order valence-corrected chi connectivity index (χ2v) is 12.9. The molecule has 6 fully saturated rings. The minimum absolute atomic E-state index is 0.0335. The van der Waals surface area contributed by atoms with Crippen molar-refractivity contribution in [1.82, 2.24) is 0 Å². The Bertz CT molecular complexity index is 793. The van der Waals surface area contributed by atoms with Crippen LogP contribution in [0.1, 0.15) is 65.7 Å². The van der Waals surface area contributed by atoms with Crippen LogP contribution in [0.4, 0.5) is 0 Å². The second kappa shape index (κ2) is 8.24. The molecule has 0 aromatic heterocycles. The van der Waals surface area contributed by atoms with E-state index in [4.69, 9.17) is 9.47 Å². The SMILES string of the molecule is CC(C(=O)O)C(C(=O)OCOCC1C2CCC(C2)C1C)C1C(C)C2CC1C1C3CCC(C3)C21. The van der Waals surface area contributed by atoms with E-state index in [9.17, 15) is 14.7 Å². The molecule has 0 amide bonds. The number of hydrogen-bond donors (Lipinski definition) is 1. The van der Waals surface area contributed by atoms with Gasteiger partial charge in [-0.05, 0) is 116 Å². The molecule has 6 aliphatic carbocycles. The van der Waals surface area contributed by atoms with Crippen LogP contribution in [0.15, 0.2) is 0 Å². The zero-order valence-electron chi connectivity index (χ0n) is 20.5. The minimum Gasteiger partial charge on any atom is -0.481 e. The van der Waals surface area contributed by atoms with E-state index in [2.05, 4.69) is 13.8 Å². The van der Waals surface area contributed by atoms with Crippen LogP contribution in [0.25, 0.3) is 0 Å². The average molecular weight is 459 g/mol. The lowest BCUT2D eigenvalue weighted by Crippen LogP contribution is -2.45. The van der Waals surface area contributed by atoms with E-state index in [0.717, 1.165) is 35.5 Å². The van der Waals surface area contributed by atoms with E-state index in [0.29, 0.717) is 36.2 Å². The summed E-state index contributed by atoms with van der Waals surface area (Å²) in [5, 5.41) is 9.88. The molecule has 0 aliphatic heterocycles. The Kier molecular flexibility index (Phi) is 5.59. The number of carbonyl (C=O) groups is 2. The Balaban J connectivity index is 1.11. The molecule has 6 rings (SSSR count). The fourth-order valence-electron chi connectivity index (χ4n) is 10.7. The lowest BCUT2D eigenvalue weighted by atomic mass is 9.59. The predicted octanol–water partition coefficient (Wildman–Crippen LogP) is 5.09. The molecule has 1 N–H and O–H groups in total. The molecule has 5 heteroatoms. The van der Waals surface area contributed by atoms with Crippen molar-refractivity contribution in [1.29, 1.82) is 0 Å². The number of rotatable bonds is 8. The summed E-state index contributed by atoms with van der Waals surface area (Å²) in [4.78, 5) is 25.4.